The molecule has 2 aromatic carbocycles. The Morgan fingerprint density at radius 3 is 2.50 bits per heavy atom. The minimum absolute atomic E-state index is 0.119. The second-order valence-electron chi connectivity index (χ2n) is 7.35. The van der Waals surface area contributed by atoms with Crippen LogP contribution in [0.5, 0.6) is 0 Å². The quantitative estimate of drug-likeness (QED) is 0.481. The number of amides is 2. The lowest BCUT2D eigenvalue weighted by atomic mass is 9.74. The predicted octanol–water partition coefficient (Wildman–Crippen LogP) is 4.50. The SMILES string of the molecule is O=C(c1cc2cc(Br)ccc2[nH]1)N1C(=O)C2(CCNCC2)c2cc(Br)ccc21. The fraction of sp³-hybridized carbons (Fsp3) is 0.238. The van der Waals surface area contributed by atoms with Gasteiger partial charge in [-0.25, -0.2) is 4.90 Å². The number of halogens is 2. The zero-order valence-electron chi connectivity index (χ0n) is 14.9. The molecule has 142 valence electrons. The zero-order chi connectivity index (χ0) is 19.5. The van der Waals surface area contributed by atoms with Crippen molar-refractivity contribution in [1.29, 1.82) is 0 Å². The van der Waals surface area contributed by atoms with Gasteiger partial charge in [0.05, 0.1) is 11.1 Å². The summed E-state index contributed by atoms with van der Waals surface area (Å²) in [7, 11) is 0. The molecule has 1 spiro atoms. The molecule has 0 unspecified atom stereocenters. The van der Waals surface area contributed by atoms with Gasteiger partial charge in [-0.1, -0.05) is 31.9 Å². The molecular weight excluding hydrogens is 486 g/mol. The van der Waals surface area contributed by atoms with E-state index in [-0.39, 0.29) is 11.8 Å². The molecule has 0 bridgehead atoms. The zero-order valence-corrected chi connectivity index (χ0v) is 18.1. The van der Waals surface area contributed by atoms with Crippen molar-refractivity contribution in [2.45, 2.75) is 18.3 Å². The summed E-state index contributed by atoms with van der Waals surface area (Å²) in [5.41, 5.74) is 2.29. The van der Waals surface area contributed by atoms with Gasteiger partial charge in [0.2, 0.25) is 5.91 Å². The molecule has 2 amide bonds. The van der Waals surface area contributed by atoms with E-state index in [9.17, 15) is 9.59 Å². The Balaban J connectivity index is 1.63. The van der Waals surface area contributed by atoms with Crippen molar-refractivity contribution in [3.63, 3.8) is 0 Å². The van der Waals surface area contributed by atoms with E-state index >= 15 is 0 Å². The number of hydrogen-bond donors (Lipinski definition) is 2. The summed E-state index contributed by atoms with van der Waals surface area (Å²) in [4.78, 5) is 31.5. The molecule has 0 aliphatic carbocycles. The Morgan fingerprint density at radius 1 is 1.00 bits per heavy atom. The van der Waals surface area contributed by atoms with E-state index in [1.165, 1.54) is 4.90 Å². The first-order valence-electron chi connectivity index (χ1n) is 9.17. The maximum absolute atomic E-state index is 13.6. The van der Waals surface area contributed by atoms with Crippen LogP contribution in [0.2, 0.25) is 0 Å². The third-order valence-electron chi connectivity index (χ3n) is 5.80. The number of piperidine rings is 1. The highest BCUT2D eigenvalue weighted by molar-refractivity contribution is 9.10. The molecule has 2 N–H and O–H groups in total. The number of H-pyrrole nitrogens is 1. The highest BCUT2D eigenvalue weighted by Gasteiger charge is 2.53. The number of hydrogen-bond acceptors (Lipinski definition) is 3. The Labute approximate surface area is 178 Å². The number of nitrogens with zero attached hydrogens (tertiary/aromatic N) is 1. The molecule has 2 aliphatic heterocycles. The van der Waals surface area contributed by atoms with Gasteiger partial charge in [-0.3, -0.25) is 9.59 Å². The van der Waals surface area contributed by atoms with E-state index in [0.29, 0.717) is 24.2 Å². The van der Waals surface area contributed by atoms with Gasteiger partial charge in [0.1, 0.15) is 5.69 Å². The Morgan fingerprint density at radius 2 is 1.71 bits per heavy atom. The van der Waals surface area contributed by atoms with Crippen LogP contribution in [0.1, 0.15) is 28.9 Å². The smallest absolute Gasteiger partial charge is 0.281 e. The average Bonchev–Trinajstić information content (AvgIpc) is 3.21. The maximum Gasteiger partial charge on any atom is 0.281 e. The first-order chi connectivity index (χ1) is 13.5. The lowest BCUT2D eigenvalue weighted by Gasteiger charge is -2.32. The third-order valence-corrected chi connectivity index (χ3v) is 6.79. The van der Waals surface area contributed by atoms with Crippen molar-refractivity contribution < 1.29 is 9.59 Å². The van der Waals surface area contributed by atoms with Gasteiger partial charge < -0.3 is 10.3 Å². The standard InChI is InChI=1S/C21H17Br2N3O2/c22-13-1-3-16-12(9-13)10-17(25-16)19(27)26-18-4-2-14(23)11-15(18)21(20(26)28)5-7-24-8-6-21/h1-4,9-11,24-25H,5-8H2. The van der Waals surface area contributed by atoms with Gasteiger partial charge in [0, 0.05) is 19.8 Å². The van der Waals surface area contributed by atoms with Crippen LogP contribution in [0, 0.1) is 0 Å². The number of rotatable bonds is 1. The van der Waals surface area contributed by atoms with Gasteiger partial charge >= 0.3 is 0 Å². The molecule has 3 aromatic rings. The van der Waals surface area contributed by atoms with Crippen molar-refractivity contribution >= 4 is 60.3 Å². The molecular formula is C21H17Br2N3O2. The number of nitrogens with one attached hydrogen (secondary N) is 2. The summed E-state index contributed by atoms with van der Waals surface area (Å²) < 4.78 is 1.86. The number of aromatic nitrogens is 1. The average molecular weight is 503 g/mol. The molecule has 7 heteroatoms. The van der Waals surface area contributed by atoms with Crippen molar-refractivity contribution in [3.8, 4) is 0 Å². The molecule has 0 atom stereocenters. The summed E-state index contributed by atoms with van der Waals surface area (Å²) in [5, 5.41) is 4.25. The van der Waals surface area contributed by atoms with E-state index in [1.807, 2.05) is 42.5 Å². The summed E-state index contributed by atoms with van der Waals surface area (Å²) in [6, 6.07) is 13.3. The van der Waals surface area contributed by atoms with Gasteiger partial charge in [-0.05, 0) is 74.0 Å². The molecule has 28 heavy (non-hydrogen) atoms. The minimum atomic E-state index is -0.630. The normalized spacial score (nSPS) is 18.1. The van der Waals surface area contributed by atoms with Crippen LogP contribution in [0.25, 0.3) is 10.9 Å². The van der Waals surface area contributed by atoms with Crippen LogP contribution >= 0.6 is 31.9 Å². The predicted molar refractivity (Wildman–Crippen MR) is 116 cm³/mol. The lowest BCUT2D eigenvalue weighted by Crippen LogP contribution is -2.48. The molecule has 3 heterocycles. The maximum atomic E-state index is 13.6. The Kier molecular flexibility index (Phi) is 4.23. The number of benzene rings is 2. The van der Waals surface area contributed by atoms with E-state index in [4.69, 9.17) is 0 Å². The van der Waals surface area contributed by atoms with E-state index in [2.05, 4.69) is 42.2 Å². The first kappa shape index (κ1) is 18.1. The number of aromatic amines is 1. The second-order valence-corrected chi connectivity index (χ2v) is 9.19. The minimum Gasteiger partial charge on any atom is -0.350 e. The van der Waals surface area contributed by atoms with Crippen molar-refractivity contribution in [3.05, 3.63) is 62.7 Å². The monoisotopic (exact) mass is 501 g/mol. The second kappa shape index (κ2) is 6.54. The van der Waals surface area contributed by atoms with E-state index in [1.54, 1.807) is 0 Å². The molecule has 1 aromatic heterocycles. The summed E-state index contributed by atoms with van der Waals surface area (Å²) in [6.45, 7) is 1.53. The lowest BCUT2D eigenvalue weighted by molar-refractivity contribution is -0.123. The van der Waals surface area contributed by atoms with Gasteiger partial charge in [-0.2, -0.15) is 0 Å². The highest BCUT2D eigenvalue weighted by Crippen LogP contribution is 2.48. The Bertz CT molecular complexity index is 1130. The molecule has 0 radical (unpaired) electrons. The molecule has 1 saturated heterocycles. The molecule has 0 saturated carbocycles. The molecule has 1 fully saturated rings. The van der Waals surface area contributed by atoms with E-state index in [0.717, 1.165) is 38.5 Å². The topological polar surface area (TPSA) is 65.2 Å². The van der Waals surface area contributed by atoms with Crippen molar-refractivity contribution in [1.82, 2.24) is 10.3 Å². The largest absolute Gasteiger partial charge is 0.350 e. The van der Waals surface area contributed by atoms with Gasteiger partial charge in [-0.15, -0.1) is 0 Å². The van der Waals surface area contributed by atoms with Gasteiger partial charge in [0.15, 0.2) is 0 Å². The highest BCUT2D eigenvalue weighted by atomic mass is 79.9. The number of carbonyl (C=O) groups is 2. The fourth-order valence-electron chi connectivity index (χ4n) is 4.40. The number of fused-ring (bicyclic) bond motifs is 3. The van der Waals surface area contributed by atoms with Crippen LogP contribution in [0.3, 0.4) is 0 Å². The summed E-state index contributed by atoms with van der Waals surface area (Å²) >= 11 is 6.98. The Hall–Kier alpha value is -1.96. The molecule has 2 aliphatic rings. The van der Waals surface area contributed by atoms with Crippen LogP contribution in [-0.4, -0.2) is 29.9 Å². The number of imide groups is 1. The van der Waals surface area contributed by atoms with Crippen LogP contribution < -0.4 is 10.2 Å². The summed E-state index contributed by atoms with van der Waals surface area (Å²) in [5.74, 6) is -0.428. The number of carbonyl (C=O) groups excluding carboxylic acids is 2. The number of anilines is 1. The van der Waals surface area contributed by atoms with Crippen molar-refractivity contribution in [2.24, 2.45) is 0 Å². The third kappa shape index (κ3) is 2.60. The van der Waals surface area contributed by atoms with Crippen molar-refractivity contribution in [2.75, 3.05) is 18.0 Å². The van der Waals surface area contributed by atoms with Crippen LogP contribution in [-0.2, 0) is 10.2 Å². The summed E-state index contributed by atoms with van der Waals surface area (Å²) in [6.07, 6.45) is 1.39. The fourth-order valence-corrected chi connectivity index (χ4v) is 5.14. The molecule has 5 rings (SSSR count). The van der Waals surface area contributed by atoms with Gasteiger partial charge in [0.25, 0.3) is 5.91 Å². The first-order valence-corrected chi connectivity index (χ1v) is 10.8. The van der Waals surface area contributed by atoms with E-state index < -0.39 is 5.41 Å². The van der Waals surface area contributed by atoms with Crippen LogP contribution in [0.15, 0.2) is 51.4 Å². The van der Waals surface area contributed by atoms with Crippen LogP contribution in [0.4, 0.5) is 5.69 Å². The molecule has 5 nitrogen and oxygen atoms in total.